The Labute approximate surface area is 101 Å². The number of rotatable bonds is 4. The molecule has 1 aromatic rings. The number of aromatic nitrogens is 1. The normalized spacial score (nSPS) is 10.9. The maximum Gasteiger partial charge on any atom is 0.127 e. The number of nitrogens with zero attached hydrogens (tertiary/aromatic N) is 2. The molecule has 0 spiro atoms. The predicted octanol–water partition coefficient (Wildman–Crippen LogP) is 2.82. The van der Waals surface area contributed by atoms with Crippen LogP contribution in [0.1, 0.15) is 25.1 Å². The van der Waals surface area contributed by atoms with Crippen LogP contribution in [0.3, 0.4) is 0 Å². The van der Waals surface area contributed by atoms with Crippen molar-refractivity contribution in [3.63, 3.8) is 0 Å². The average Bonchev–Trinajstić information content (AvgIpc) is 2.26. The van der Waals surface area contributed by atoms with Gasteiger partial charge in [0.25, 0.3) is 0 Å². The number of anilines is 1. The number of nitrogens with one attached hydrogen (secondary N) is 1. The summed E-state index contributed by atoms with van der Waals surface area (Å²) in [5, 5.41) is 12.1. The molecule has 0 saturated carbocycles. The van der Waals surface area contributed by atoms with E-state index in [4.69, 9.17) is 5.26 Å². The minimum absolute atomic E-state index is 0.165. The SMILES string of the molecule is CSC(C)(C)CNc1cc(C#N)cc(C)n1. The van der Waals surface area contributed by atoms with Crippen LogP contribution in [0, 0.1) is 18.3 Å². The van der Waals surface area contributed by atoms with Gasteiger partial charge in [-0.1, -0.05) is 0 Å². The average molecular weight is 235 g/mol. The number of hydrogen-bond acceptors (Lipinski definition) is 4. The molecule has 1 heterocycles. The van der Waals surface area contributed by atoms with Crippen LogP contribution in [-0.2, 0) is 0 Å². The van der Waals surface area contributed by atoms with Gasteiger partial charge >= 0.3 is 0 Å². The third-order valence-electron chi connectivity index (χ3n) is 2.33. The van der Waals surface area contributed by atoms with Crippen molar-refractivity contribution in [3.05, 3.63) is 23.4 Å². The van der Waals surface area contributed by atoms with E-state index < -0.39 is 0 Å². The number of thioether (sulfide) groups is 1. The van der Waals surface area contributed by atoms with E-state index in [0.717, 1.165) is 18.1 Å². The molecule has 0 aliphatic heterocycles. The van der Waals surface area contributed by atoms with Gasteiger partial charge in [-0.2, -0.15) is 17.0 Å². The smallest absolute Gasteiger partial charge is 0.127 e. The van der Waals surface area contributed by atoms with Gasteiger partial charge in [0.15, 0.2) is 0 Å². The lowest BCUT2D eigenvalue weighted by Gasteiger charge is -2.22. The molecule has 0 radical (unpaired) electrons. The van der Waals surface area contributed by atoms with Crippen LogP contribution in [0.4, 0.5) is 5.82 Å². The van der Waals surface area contributed by atoms with Gasteiger partial charge in [0.05, 0.1) is 11.6 Å². The van der Waals surface area contributed by atoms with Gasteiger partial charge < -0.3 is 5.32 Å². The highest BCUT2D eigenvalue weighted by atomic mass is 32.2. The zero-order chi connectivity index (χ0) is 12.2. The minimum Gasteiger partial charge on any atom is -0.369 e. The van der Waals surface area contributed by atoms with Gasteiger partial charge in [0.1, 0.15) is 5.82 Å². The minimum atomic E-state index is 0.165. The fraction of sp³-hybridized carbons (Fsp3) is 0.500. The second-order valence-corrected chi connectivity index (χ2v) is 5.83. The molecule has 0 bridgehead atoms. The summed E-state index contributed by atoms with van der Waals surface area (Å²) < 4.78 is 0.165. The van der Waals surface area contributed by atoms with E-state index in [2.05, 4.69) is 36.5 Å². The molecule has 0 amide bonds. The van der Waals surface area contributed by atoms with Gasteiger partial charge in [-0.3, -0.25) is 0 Å². The predicted molar refractivity (Wildman–Crippen MR) is 69.8 cm³/mol. The quantitative estimate of drug-likeness (QED) is 0.871. The first-order chi connectivity index (χ1) is 7.46. The van der Waals surface area contributed by atoms with Crippen molar-refractivity contribution >= 4 is 17.6 Å². The summed E-state index contributed by atoms with van der Waals surface area (Å²) in [5.41, 5.74) is 1.51. The molecule has 1 N–H and O–H groups in total. The van der Waals surface area contributed by atoms with Crippen molar-refractivity contribution in [1.29, 1.82) is 5.26 Å². The van der Waals surface area contributed by atoms with Crippen LogP contribution < -0.4 is 5.32 Å². The molecule has 0 aromatic carbocycles. The largest absolute Gasteiger partial charge is 0.369 e. The second kappa shape index (κ2) is 5.22. The molecule has 0 saturated heterocycles. The lowest BCUT2D eigenvalue weighted by molar-refractivity contribution is 0.750. The molecular formula is C12H17N3S. The van der Waals surface area contributed by atoms with Gasteiger partial charge in [0.2, 0.25) is 0 Å². The second-order valence-electron chi connectivity index (χ2n) is 4.31. The van der Waals surface area contributed by atoms with E-state index in [1.54, 1.807) is 23.9 Å². The molecule has 4 heteroatoms. The summed E-state index contributed by atoms with van der Waals surface area (Å²) in [6.07, 6.45) is 2.09. The Kier molecular flexibility index (Phi) is 4.19. The van der Waals surface area contributed by atoms with Crippen molar-refractivity contribution in [2.24, 2.45) is 0 Å². The molecule has 1 rings (SSSR count). The molecule has 0 atom stereocenters. The van der Waals surface area contributed by atoms with E-state index in [1.165, 1.54) is 0 Å². The van der Waals surface area contributed by atoms with Crippen molar-refractivity contribution in [1.82, 2.24) is 4.98 Å². The van der Waals surface area contributed by atoms with Crippen LogP contribution in [0.2, 0.25) is 0 Å². The van der Waals surface area contributed by atoms with Gasteiger partial charge in [-0.25, -0.2) is 4.98 Å². The monoisotopic (exact) mass is 235 g/mol. The molecule has 0 aliphatic rings. The topological polar surface area (TPSA) is 48.7 Å². The number of pyridine rings is 1. The summed E-state index contributed by atoms with van der Waals surface area (Å²) >= 11 is 1.81. The lowest BCUT2D eigenvalue weighted by Crippen LogP contribution is -2.26. The molecule has 16 heavy (non-hydrogen) atoms. The summed E-state index contributed by atoms with van der Waals surface area (Å²) in [5.74, 6) is 0.777. The van der Waals surface area contributed by atoms with Crippen LogP contribution in [0.5, 0.6) is 0 Å². The molecule has 3 nitrogen and oxygen atoms in total. The number of aryl methyl sites for hydroxylation is 1. The first-order valence-corrected chi connectivity index (χ1v) is 6.37. The van der Waals surface area contributed by atoms with Gasteiger partial charge in [-0.05, 0) is 39.2 Å². The van der Waals surface area contributed by atoms with Gasteiger partial charge in [-0.15, -0.1) is 0 Å². The first-order valence-electron chi connectivity index (χ1n) is 5.15. The highest BCUT2D eigenvalue weighted by Gasteiger charge is 2.15. The Bertz CT molecular complexity index is 407. The van der Waals surface area contributed by atoms with E-state index in [1.807, 2.05) is 6.92 Å². The van der Waals surface area contributed by atoms with Crippen molar-refractivity contribution < 1.29 is 0 Å². The van der Waals surface area contributed by atoms with E-state index >= 15 is 0 Å². The highest BCUT2D eigenvalue weighted by Crippen LogP contribution is 2.21. The summed E-state index contributed by atoms with van der Waals surface area (Å²) in [6.45, 7) is 7.07. The third-order valence-corrected chi connectivity index (χ3v) is 3.58. The van der Waals surface area contributed by atoms with Crippen LogP contribution in [0.15, 0.2) is 12.1 Å². The summed E-state index contributed by atoms with van der Waals surface area (Å²) in [4.78, 5) is 4.35. The molecule has 1 aromatic heterocycles. The lowest BCUT2D eigenvalue weighted by atomic mass is 10.2. The van der Waals surface area contributed by atoms with Crippen LogP contribution in [-0.4, -0.2) is 22.5 Å². The maximum atomic E-state index is 8.85. The molecule has 0 aliphatic carbocycles. The molecule has 0 fully saturated rings. The zero-order valence-corrected chi connectivity index (χ0v) is 11.0. The Morgan fingerprint density at radius 2 is 2.19 bits per heavy atom. The van der Waals surface area contributed by atoms with E-state index in [0.29, 0.717) is 5.56 Å². The molecule has 0 unspecified atom stereocenters. The molecular weight excluding hydrogens is 218 g/mol. The number of hydrogen-bond donors (Lipinski definition) is 1. The van der Waals surface area contributed by atoms with Gasteiger partial charge in [0, 0.05) is 17.0 Å². The fourth-order valence-corrected chi connectivity index (χ4v) is 1.42. The fourth-order valence-electron chi connectivity index (χ4n) is 1.20. The Morgan fingerprint density at radius 3 is 2.75 bits per heavy atom. The van der Waals surface area contributed by atoms with Crippen LogP contribution >= 0.6 is 11.8 Å². The maximum absolute atomic E-state index is 8.85. The summed E-state index contributed by atoms with van der Waals surface area (Å²) in [6, 6.07) is 5.70. The summed E-state index contributed by atoms with van der Waals surface area (Å²) in [7, 11) is 0. The Balaban J connectivity index is 2.75. The number of nitriles is 1. The Morgan fingerprint density at radius 1 is 1.50 bits per heavy atom. The van der Waals surface area contributed by atoms with Crippen LogP contribution in [0.25, 0.3) is 0 Å². The standard InChI is InChI=1S/C12H17N3S/c1-9-5-10(7-13)6-11(15-9)14-8-12(2,3)16-4/h5-6H,8H2,1-4H3,(H,14,15). The van der Waals surface area contributed by atoms with E-state index in [-0.39, 0.29) is 4.75 Å². The van der Waals surface area contributed by atoms with E-state index in [9.17, 15) is 0 Å². The zero-order valence-electron chi connectivity index (χ0n) is 10.2. The van der Waals surface area contributed by atoms with Crippen molar-refractivity contribution in [3.8, 4) is 6.07 Å². The molecule has 86 valence electrons. The van der Waals surface area contributed by atoms with Crippen molar-refractivity contribution in [2.75, 3.05) is 18.1 Å². The highest BCUT2D eigenvalue weighted by molar-refractivity contribution is 7.99. The van der Waals surface area contributed by atoms with Crippen molar-refractivity contribution in [2.45, 2.75) is 25.5 Å². The Hall–Kier alpha value is -1.21. The first kappa shape index (κ1) is 12.9. The third kappa shape index (κ3) is 3.74.